The average molecular weight is 397 g/mol. The molecule has 0 aliphatic carbocycles. The molecule has 3 amide bonds. The molecule has 2 aromatic rings. The van der Waals surface area contributed by atoms with Crippen molar-refractivity contribution in [3.63, 3.8) is 0 Å². The molecule has 3 rings (SSSR count). The molecule has 8 nitrogen and oxygen atoms in total. The maximum Gasteiger partial charge on any atom is 0.247 e. The van der Waals surface area contributed by atoms with E-state index in [1.54, 1.807) is 42.0 Å². The van der Waals surface area contributed by atoms with Gasteiger partial charge in [-0.3, -0.25) is 19.1 Å². The van der Waals surface area contributed by atoms with E-state index in [1.807, 2.05) is 31.2 Å². The molecule has 8 heteroatoms. The van der Waals surface area contributed by atoms with Crippen LogP contribution in [-0.2, 0) is 14.4 Å². The van der Waals surface area contributed by atoms with Crippen LogP contribution in [0.5, 0.6) is 0 Å². The van der Waals surface area contributed by atoms with Crippen LogP contribution in [0, 0.1) is 0 Å². The number of rotatable bonds is 7. The Kier molecular flexibility index (Phi) is 6.31. The lowest BCUT2D eigenvalue weighted by Gasteiger charge is -2.23. The van der Waals surface area contributed by atoms with Crippen LogP contribution in [-0.4, -0.2) is 52.5 Å². The number of anilines is 1. The Bertz CT molecular complexity index is 863. The van der Waals surface area contributed by atoms with Gasteiger partial charge in [-0.2, -0.15) is 5.10 Å². The standard InChI is InChI=1S/C21H27N5O3/c1-15(17-7-9-18(10-8-17)25-12-4-6-20(25)28)23-19(27)14-24(3)21(29)16(2)26-13-5-11-22-26/h5,7-11,13,15-16H,4,6,12,14H2,1-3H3,(H,23,27). The molecule has 0 bridgehead atoms. The predicted octanol–water partition coefficient (Wildman–Crippen LogP) is 1.91. The van der Waals surface area contributed by atoms with Gasteiger partial charge in [-0.25, -0.2) is 0 Å². The summed E-state index contributed by atoms with van der Waals surface area (Å²) in [4.78, 5) is 39.9. The molecule has 0 spiro atoms. The van der Waals surface area contributed by atoms with Crippen LogP contribution in [0.15, 0.2) is 42.7 Å². The van der Waals surface area contributed by atoms with Crippen LogP contribution in [0.2, 0.25) is 0 Å². The number of amides is 3. The van der Waals surface area contributed by atoms with Crippen molar-refractivity contribution in [2.45, 2.75) is 38.8 Å². The molecule has 1 fully saturated rings. The Morgan fingerprint density at radius 3 is 2.55 bits per heavy atom. The van der Waals surface area contributed by atoms with Gasteiger partial charge >= 0.3 is 0 Å². The van der Waals surface area contributed by atoms with E-state index >= 15 is 0 Å². The molecule has 1 aromatic heterocycles. The number of likely N-dealkylation sites (N-methyl/N-ethyl adjacent to an activating group) is 1. The van der Waals surface area contributed by atoms with E-state index in [0.717, 1.165) is 24.2 Å². The summed E-state index contributed by atoms with van der Waals surface area (Å²) in [6, 6.07) is 8.72. The largest absolute Gasteiger partial charge is 0.348 e. The minimum Gasteiger partial charge on any atom is -0.348 e. The highest BCUT2D eigenvalue weighted by Gasteiger charge is 2.23. The van der Waals surface area contributed by atoms with Crippen molar-refractivity contribution < 1.29 is 14.4 Å². The second-order valence-corrected chi connectivity index (χ2v) is 7.39. The third-order valence-corrected chi connectivity index (χ3v) is 5.19. The summed E-state index contributed by atoms with van der Waals surface area (Å²) in [5.74, 6) is -0.271. The fourth-order valence-corrected chi connectivity index (χ4v) is 3.47. The lowest BCUT2D eigenvalue weighted by atomic mass is 10.1. The molecule has 2 heterocycles. The van der Waals surface area contributed by atoms with Crippen LogP contribution in [0.3, 0.4) is 0 Å². The average Bonchev–Trinajstić information content (AvgIpc) is 3.38. The minimum absolute atomic E-state index is 0.0326. The number of benzene rings is 1. The van der Waals surface area contributed by atoms with Crippen molar-refractivity contribution in [2.24, 2.45) is 0 Å². The zero-order chi connectivity index (χ0) is 21.0. The fraction of sp³-hybridized carbons (Fsp3) is 0.429. The zero-order valence-electron chi connectivity index (χ0n) is 17.0. The van der Waals surface area contributed by atoms with Gasteiger partial charge in [-0.15, -0.1) is 0 Å². The summed E-state index contributed by atoms with van der Waals surface area (Å²) in [5, 5.41) is 6.99. The number of nitrogens with one attached hydrogen (secondary N) is 1. The Morgan fingerprint density at radius 2 is 1.97 bits per heavy atom. The smallest absolute Gasteiger partial charge is 0.247 e. The van der Waals surface area contributed by atoms with Gasteiger partial charge < -0.3 is 15.1 Å². The van der Waals surface area contributed by atoms with E-state index in [4.69, 9.17) is 0 Å². The molecule has 1 aromatic carbocycles. The first kappa shape index (κ1) is 20.6. The number of carbonyl (C=O) groups excluding carboxylic acids is 3. The normalized spacial score (nSPS) is 15.8. The number of hydrogen-bond acceptors (Lipinski definition) is 4. The van der Waals surface area contributed by atoms with Gasteiger partial charge in [0, 0.05) is 38.1 Å². The molecule has 0 saturated carbocycles. The maximum absolute atomic E-state index is 12.5. The molecule has 1 aliphatic rings. The molecular formula is C21H27N5O3. The van der Waals surface area contributed by atoms with Gasteiger partial charge in [0.25, 0.3) is 0 Å². The highest BCUT2D eigenvalue weighted by atomic mass is 16.2. The summed E-state index contributed by atoms with van der Waals surface area (Å²) >= 11 is 0. The van der Waals surface area contributed by atoms with Crippen molar-refractivity contribution in [3.05, 3.63) is 48.3 Å². The van der Waals surface area contributed by atoms with Crippen molar-refractivity contribution in [3.8, 4) is 0 Å². The Morgan fingerprint density at radius 1 is 1.24 bits per heavy atom. The highest BCUT2D eigenvalue weighted by Crippen LogP contribution is 2.23. The summed E-state index contributed by atoms with van der Waals surface area (Å²) in [6.45, 7) is 4.36. The molecule has 29 heavy (non-hydrogen) atoms. The van der Waals surface area contributed by atoms with E-state index in [9.17, 15) is 14.4 Å². The second kappa shape index (κ2) is 8.89. The van der Waals surface area contributed by atoms with Crippen LogP contribution in [0.1, 0.15) is 44.3 Å². The second-order valence-electron chi connectivity index (χ2n) is 7.39. The van der Waals surface area contributed by atoms with E-state index in [1.165, 1.54) is 4.90 Å². The molecule has 2 atom stereocenters. The van der Waals surface area contributed by atoms with Gasteiger partial charge in [0.05, 0.1) is 12.6 Å². The molecule has 1 aliphatic heterocycles. The molecule has 1 N–H and O–H groups in total. The first-order valence-corrected chi connectivity index (χ1v) is 9.80. The van der Waals surface area contributed by atoms with Gasteiger partial charge in [-0.05, 0) is 44.0 Å². The van der Waals surface area contributed by atoms with Crippen LogP contribution >= 0.6 is 0 Å². The van der Waals surface area contributed by atoms with Crippen LogP contribution < -0.4 is 10.2 Å². The zero-order valence-corrected chi connectivity index (χ0v) is 17.0. The summed E-state index contributed by atoms with van der Waals surface area (Å²) < 4.78 is 1.56. The summed E-state index contributed by atoms with van der Waals surface area (Å²) in [5.41, 5.74) is 1.82. The van der Waals surface area contributed by atoms with Gasteiger partial charge in [0.1, 0.15) is 6.04 Å². The van der Waals surface area contributed by atoms with Gasteiger partial charge in [0.2, 0.25) is 17.7 Å². The molecule has 154 valence electrons. The summed E-state index contributed by atoms with van der Waals surface area (Å²) in [6.07, 6.45) is 4.82. The van der Waals surface area contributed by atoms with E-state index in [0.29, 0.717) is 6.42 Å². The topological polar surface area (TPSA) is 87.5 Å². The van der Waals surface area contributed by atoms with Crippen molar-refractivity contribution in [1.29, 1.82) is 0 Å². The van der Waals surface area contributed by atoms with Crippen molar-refractivity contribution >= 4 is 23.4 Å². The molecule has 2 unspecified atom stereocenters. The van der Waals surface area contributed by atoms with Crippen LogP contribution in [0.25, 0.3) is 0 Å². The highest BCUT2D eigenvalue weighted by molar-refractivity contribution is 5.95. The molecule has 1 saturated heterocycles. The SMILES string of the molecule is CC(NC(=O)CN(C)C(=O)C(C)n1cccn1)c1ccc(N2CCCC2=O)cc1. The lowest BCUT2D eigenvalue weighted by Crippen LogP contribution is -2.41. The molecular weight excluding hydrogens is 370 g/mol. The van der Waals surface area contributed by atoms with E-state index in [-0.39, 0.29) is 30.3 Å². The van der Waals surface area contributed by atoms with E-state index < -0.39 is 6.04 Å². The monoisotopic (exact) mass is 397 g/mol. The minimum atomic E-state index is -0.471. The van der Waals surface area contributed by atoms with Crippen molar-refractivity contribution in [1.82, 2.24) is 20.0 Å². The lowest BCUT2D eigenvalue weighted by molar-refractivity contribution is -0.137. The third-order valence-electron chi connectivity index (χ3n) is 5.19. The quantitative estimate of drug-likeness (QED) is 0.773. The van der Waals surface area contributed by atoms with Gasteiger partial charge in [0.15, 0.2) is 0 Å². The summed E-state index contributed by atoms with van der Waals surface area (Å²) in [7, 11) is 1.61. The molecule has 0 radical (unpaired) electrons. The predicted molar refractivity (Wildman–Crippen MR) is 109 cm³/mol. The Balaban J connectivity index is 1.53. The number of aromatic nitrogens is 2. The Labute approximate surface area is 170 Å². The fourth-order valence-electron chi connectivity index (χ4n) is 3.47. The van der Waals surface area contributed by atoms with Gasteiger partial charge in [-0.1, -0.05) is 12.1 Å². The maximum atomic E-state index is 12.5. The number of hydrogen-bond donors (Lipinski definition) is 1. The first-order valence-electron chi connectivity index (χ1n) is 9.80. The van der Waals surface area contributed by atoms with Crippen LogP contribution in [0.4, 0.5) is 5.69 Å². The Hall–Kier alpha value is -3.16. The van der Waals surface area contributed by atoms with Crippen molar-refractivity contribution in [2.75, 3.05) is 25.0 Å². The first-order chi connectivity index (χ1) is 13.9. The van der Waals surface area contributed by atoms with E-state index in [2.05, 4.69) is 10.4 Å². The number of carbonyl (C=O) groups is 3. The third kappa shape index (κ3) is 4.82. The number of nitrogens with zero attached hydrogens (tertiary/aromatic N) is 4.